The van der Waals surface area contributed by atoms with Crippen LogP contribution >= 0.6 is 0 Å². The Balaban J connectivity index is 0.00000123. The van der Waals surface area contributed by atoms with Crippen molar-refractivity contribution < 1.29 is 24.6 Å². The van der Waals surface area contributed by atoms with Gasteiger partial charge < -0.3 is 25.7 Å². The Kier molecular flexibility index (Phi) is 16.5. The van der Waals surface area contributed by atoms with E-state index < -0.39 is 18.0 Å². The maximum absolute atomic E-state index is 13.6. The Hall–Kier alpha value is -2.75. The minimum absolute atomic E-state index is 0.0106. The summed E-state index contributed by atoms with van der Waals surface area (Å²) in [5.41, 5.74) is 0.384. The summed E-state index contributed by atoms with van der Waals surface area (Å²) in [7, 11) is 1.70. The van der Waals surface area contributed by atoms with Gasteiger partial charge in [-0.2, -0.15) is 0 Å². The molecule has 0 unspecified atom stereocenters. The maximum atomic E-state index is 13.6. The van der Waals surface area contributed by atoms with Crippen molar-refractivity contribution in [1.29, 1.82) is 0 Å². The number of nitrogens with one attached hydrogen (secondary N) is 2. The van der Waals surface area contributed by atoms with Gasteiger partial charge in [0.2, 0.25) is 17.7 Å². The minimum Gasteiger partial charge on any atom is -0.394 e. The first-order valence-corrected chi connectivity index (χ1v) is 14.9. The molecule has 232 valence electrons. The Labute approximate surface area is 247 Å². The molecule has 9 heteroatoms. The standard InChI is InChI=1S/C26H48N4O5.C6H6/c1-16(2)22(13-19(7)24(33)27-20(14-31)15-32)29(8)26(35)23(17(3)4)28-25(34)21-11-9-10-12-30(21)18(5)6;1-2-4-6-5-3-1/h13,16-18,20-23,31-32H,9-12,14-15H2,1-8H3,(H,27,33)(H,28,34);1-6H/b19-13+;/t21-,22-,23+;/m1./s1. The summed E-state index contributed by atoms with van der Waals surface area (Å²) in [5, 5.41) is 24.1. The van der Waals surface area contributed by atoms with Gasteiger partial charge in [-0.3, -0.25) is 19.3 Å². The van der Waals surface area contributed by atoms with Crippen LogP contribution in [0.5, 0.6) is 0 Å². The number of rotatable bonds is 12. The Morgan fingerprint density at radius 1 is 0.902 bits per heavy atom. The number of likely N-dealkylation sites (tertiary alicyclic amines) is 1. The molecule has 0 aromatic heterocycles. The van der Waals surface area contributed by atoms with Crippen LogP contribution in [0.25, 0.3) is 0 Å². The van der Waals surface area contributed by atoms with Crippen molar-refractivity contribution in [3.8, 4) is 0 Å². The third-order valence-electron chi connectivity index (χ3n) is 7.44. The van der Waals surface area contributed by atoms with Crippen LogP contribution in [0.15, 0.2) is 48.0 Å². The predicted molar refractivity (Wildman–Crippen MR) is 164 cm³/mol. The average molecular weight is 575 g/mol. The van der Waals surface area contributed by atoms with Crippen molar-refractivity contribution in [2.24, 2.45) is 11.8 Å². The summed E-state index contributed by atoms with van der Waals surface area (Å²) in [6, 6.07) is 10.2. The molecule has 0 aliphatic carbocycles. The Bertz CT molecular complexity index is 920. The summed E-state index contributed by atoms with van der Waals surface area (Å²) < 4.78 is 0. The number of aliphatic hydroxyl groups excluding tert-OH is 2. The molecule has 2 rings (SSSR count). The van der Waals surface area contributed by atoms with Gasteiger partial charge in [-0.05, 0) is 52.0 Å². The fourth-order valence-corrected chi connectivity index (χ4v) is 4.90. The molecule has 1 heterocycles. The van der Waals surface area contributed by atoms with E-state index in [1.807, 2.05) is 64.1 Å². The highest BCUT2D eigenvalue weighted by Crippen LogP contribution is 2.21. The topological polar surface area (TPSA) is 122 Å². The highest BCUT2D eigenvalue weighted by Gasteiger charge is 2.36. The minimum atomic E-state index is -0.742. The van der Waals surface area contributed by atoms with Gasteiger partial charge in [0.1, 0.15) is 6.04 Å². The van der Waals surface area contributed by atoms with Gasteiger partial charge in [0.05, 0.1) is 31.3 Å². The molecule has 0 saturated carbocycles. The van der Waals surface area contributed by atoms with Crippen molar-refractivity contribution in [3.63, 3.8) is 0 Å². The van der Waals surface area contributed by atoms with E-state index in [4.69, 9.17) is 0 Å². The van der Waals surface area contributed by atoms with E-state index in [2.05, 4.69) is 29.4 Å². The molecule has 1 aliphatic heterocycles. The maximum Gasteiger partial charge on any atom is 0.247 e. The average Bonchev–Trinajstić information content (AvgIpc) is 2.97. The van der Waals surface area contributed by atoms with Crippen molar-refractivity contribution in [1.82, 2.24) is 20.4 Å². The number of carbonyl (C=O) groups is 3. The van der Waals surface area contributed by atoms with Gasteiger partial charge in [-0.15, -0.1) is 0 Å². The van der Waals surface area contributed by atoms with Crippen LogP contribution in [0, 0.1) is 11.8 Å². The lowest BCUT2D eigenvalue weighted by atomic mass is 9.95. The van der Waals surface area contributed by atoms with Crippen molar-refractivity contribution in [3.05, 3.63) is 48.0 Å². The second-order valence-corrected chi connectivity index (χ2v) is 11.8. The largest absolute Gasteiger partial charge is 0.394 e. The smallest absolute Gasteiger partial charge is 0.247 e. The zero-order valence-electron chi connectivity index (χ0n) is 26.3. The molecule has 3 atom stereocenters. The number of hydrogen-bond acceptors (Lipinski definition) is 6. The van der Waals surface area contributed by atoms with Crippen molar-refractivity contribution in [2.45, 2.75) is 97.9 Å². The number of hydrogen-bond donors (Lipinski definition) is 4. The van der Waals surface area contributed by atoms with E-state index in [1.54, 1.807) is 24.9 Å². The molecule has 1 fully saturated rings. The molecule has 1 saturated heterocycles. The molecule has 9 nitrogen and oxygen atoms in total. The van der Waals surface area contributed by atoms with Crippen LogP contribution in [0.1, 0.15) is 67.7 Å². The molecule has 0 bridgehead atoms. The molecule has 0 radical (unpaired) electrons. The highest BCUT2D eigenvalue weighted by atomic mass is 16.3. The van der Waals surface area contributed by atoms with Crippen LogP contribution < -0.4 is 10.6 Å². The molecular weight excluding hydrogens is 520 g/mol. The first kappa shape index (κ1) is 36.3. The van der Waals surface area contributed by atoms with E-state index in [0.717, 1.165) is 25.8 Å². The first-order valence-electron chi connectivity index (χ1n) is 14.9. The van der Waals surface area contributed by atoms with E-state index in [1.165, 1.54) is 0 Å². The zero-order valence-corrected chi connectivity index (χ0v) is 26.3. The fraction of sp³-hybridized carbons (Fsp3) is 0.656. The number of amides is 3. The third-order valence-corrected chi connectivity index (χ3v) is 7.44. The number of aliphatic hydroxyl groups is 2. The number of benzene rings is 1. The lowest BCUT2D eigenvalue weighted by Gasteiger charge is -2.39. The summed E-state index contributed by atoms with van der Waals surface area (Å²) in [6.45, 7) is 13.7. The highest BCUT2D eigenvalue weighted by molar-refractivity contribution is 5.93. The summed E-state index contributed by atoms with van der Waals surface area (Å²) in [6.07, 6.45) is 4.58. The van der Waals surface area contributed by atoms with Gasteiger partial charge in [0.25, 0.3) is 0 Å². The summed E-state index contributed by atoms with van der Waals surface area (Å²) in [4.78, 5) is 43.2. The van der Waals surface area contributed by atoms with E-state index >= 15 is 0 Å². The van der Waals surface area contributed by atoms with E-state index in [0.29, 0.717) is 5.57 Å². The predicted octanol–water partition coefficient (Wildman–Crippen LogP) is 2.98. The number of piperidine rings is 1. The van der Waals surface area contributed by atoms with Crippen LogP contribution in [0.3, 0.4) is 0 Å². The van der Waals surface area contributed by atoms with Crippen molar-refractivity contribution in [2.75, 3.05) is 26.8 Å². The normalized spacial score (nSPS) is 17.6. The second kappa shape index (κ2) is 18.6. The monoisotopic (exact) mass is 574 g/mol. The number of carbonyl (C=O) groups excluding carboxylic acids is 3. The summed E-state index contributed by atoms with van der Waals surface area (Å²) in [5.74, 6) is -0.820. The number of likely N-dealkylation sites (N-methyl/N-ethyl adjacent to an activating group) is 1. The Morgan fingerprint density at radius 3 is 1.88 bits per heavy atom. The van der Waals surface area contributed by atoms with Gasteiger partial charge in [-0.25, -0.2) is 0 Å². The van der Waals surface area contributed by atoms with Crippen LogP contribution in [0.4, 0.5) is 0 Å². The van der Waals surface area contributed by atoms with E-state index in [-0.39, 0.29) is 55.0 Å². The summed E-state index contributed by atoms with van der Waals surface area (Å²) >= 11 is 0. The molecule has 41 heavy (non-hydrogen) atoms. The van der Waals surface area contributed by atoms with Crippen LogP contribution in [-0.4, -0.2) is 94.7 Å². The Morgan fingerprint density at radius 2 is 1.44 bits per heavy atom. The first-order chi connectivity index (χ1) is 19.3. The van der Waals surface area contributed by atoms with Gasteiger partial charge in [-0.1, -0.05) is 76.6 Å². The second-order valence-electron chi connectivity index (χ2n) is 11.8. The van der Waals surface area contributed by atoms with E-state index in [9.17, 15) is 24.6 Å². The van der Waals surface area contributed by atoms with Crippen LogP contribution in [0.2, 0.25) is 0 Å². The lowest BCUT2D eigenvalue weighted by molar-refractivity contribution is -0.140. The molecule has 3 amide bonds. The van der Waals surface area contributed by atoms with Gasteiger partial charge >= 0.3 is 0 Å². The SMILES string of the molecule is C/C(=C\[C@H](C(C)C)N(C)C(=O)[C@@H](NC(=O)[C@H]1CCCCN1C(C)C)C(C)C)C(=O)NC(CO)CO.c1ccccc1. The molecule has 0 spiro atoms. The molecular formula is C32H54N4O5. The lowest BCUT2D eigenvalue weighted by Crippen LogP contribution is -2.58. The van der Waals surface area contributed by atoms with Gasteiger partial charge in [0, 0.05) is 18.7 Å². The van der Waals surface area contributed by atoms with Gasteiger partial charge in [0.15, 0.2) is 0 Å². The molecule has 1 aliphatic rings. The number of nitrogens with zero attached hydrogens (tertiary/aromatic N) is 2. The van der Waals surface area contributed by atoms with Crippen molar-refractivity contribution >= 4 is 17.7 Å². The molecule has 1 aromatic carbocycles. The molecule has 4 N–H and O–H groups in total. The fourth-order valence-electron chi connectivity index (χ4n) is 4.90. The quantitative estimate of drug-likeness (QED) is 0.285. The van der Waals surface area contributed by atoms with Crippen LogP contribution in [-0.2, 0) is 14.4 Å². The zero-order chi connectivity index (χ0) is 31.1. The molecule has 1 aromatic rings. The third kappa shape index (κ3) is 11.9.